The van der Waals surface area contributed by atoms with Crippen LogP contribution in [0.1, 0.15) is 27.2 Å². The van der Waals surface area contributed by atoms with Crippen LogP contribution in [0.4, 0.5) is 14.2 Å². The minimum atomic E-state index is -3.79. The smallest absolute Gasteiger partial charge is 0.409 e. The van der Waals surface area contributed by atoms with Crippen LogP contribution in [0, 0.1) is 5.82 Å². The molecule has 1 aliphatic rings. The summed E-state index contributed by atoms with van der Waals surface area (Å²) in [6.07, 6.45) is -0.501. The molecule has 31 heavy (non-hydrogen) atoms. The second-order valence-corrected chi connectivity index (χ2v) is 10.00. The summed E-state index contributed by atoms with van der Waals surface area (Å²) in [5, 5.41) is 2.78. The molecule has 0 spiro atoms. The van der Waals surface area contributed by atoms with E-state index in [2.05, 4.69) is 5.32 Å². The number of carbonyl (C=O) groups is 3. The molecule has 0 bridgehead atoms. The molecule has 2 aromatic rings. The Bertz CT molecular complexity index is 1130. The predicted octanol–water partition coefficient (Wildman–Crippen LogP) is 1.91. The van der Waals surface area contributed by atoms with Crippen LogP contribution >= 0.6 is 11.3 Å². The van der Waals surface area contributed by atoms with Crippen molar-refractivity contribution < 1.29 is 31.9 Å². The first-order valence-electron chi connectivity index (χ1n) is 9.17. The summed E-state index contributed by atoms with van der Waals surface area (Å²) in [6.45, 7) is 0.543. The summed E-state index contributed by atoms with van der Waals surface area (Å²) in [5.74, 6) is -2.39. The third-order valence-corrected chi connectivity index (χ3v) is 7.62. The van der Waals surface area contributed by atoms with E-state index >= 15 is 0 Å². The van der Waals surface area contributed by atoms with Gasteiger partial charge in [0.2, 0.25) is 5.91 Å². The Morgan fingerprint density at radius 1 is 1.26 bits per heavy atom. The van der Waals surface area contributed by atoms with Crippen LogP contribution < -0.4 is 11.1 Å². The van der Waals surface area contributed by atoms with Crippen molar-refractivity contribution in [2.45, 2.75) is 24.3 Å². The second-order valence-electron chi connectivity index (χ2n) is 6.78. The first-order chi connectivity index (χ1) is 14.6. The maximum absolute atomic E-state index is 13.0. The van der Waals surface area contributed by atoms with Crippen LogP contribution in [0.5, 0.6) is 0 Å². The molecule has 0 saturated heterocycles. The molecule has 2 heterocycles. The number of hydrogen-bond acceptors (Lipinski definition) is 7. The Morgan fingerprint density at radius 2 is 1.94 bits per heavy atom. The van der Waals surface area contributed by atoms with Crippen molar-refractivity contribution in [3.05, 3.63) is 46.1 Å². The average molecular weight is 470 g/mol. The molecule has 0 radical (unpaired) electrons. The fourth-order valence-electron chi connectivity index (χ4n) is 3.21. The van der Waals surface area contributed by atoms with E-state index in [-0.39, 0.29) is 28.4 Å². The van der Waals surface area contributed by atoms with E-state index in [0.29, 0.717) is 23.4 Å². The molecule has 3 N–H and O–H groups in total. The highest BCUT2D eigenvalue weighted by molar-refractivity contribution is 7.91. The van der Waals surface area contributed by atoms with Crippen molar-refractivity contribution in [1.29, 1.82) is 0 Å². The SMILES string of the molecule is COC(=O)N1CCc2c(sc(NC(=O)CCS(=O)(=O)c3ccc(F)cc3)c2C(N)=O)C1. The lowest BCUT2D eigenvalue weighted by Gasteiger charge is -2.25. The van der Waals surface area contributed by atoms with Gasteiger partial charge in [-0.15, -0.1) is 11.3 Å². The third-order valence-electron chi connectivity index (χ3n) is 4.76. The number of fused-ring (bicyclic) bond motifs is 1. The molecule has 0 saturated carbocycles. The van der Waals surface area contributed by atoms with Crippen LogP contribution in [0.15, 0.2) is 29.2 Å². The number of halogens is 1. The zero-order chi connectivity index (χ0) is 22.8. The zero-order valence-electron chi connectivity index (χ0n) is 16.5. The second kappa shape index (κ2) is 9.02. The summed E-state index contributed by atoms with van der Waals surface area (Å²) < 4.78 is 42.4. The van der Waals surface area contributed by atoms with Crippen LogP contribution in [0.25, 0.3) is 0 Å². The minimum Gasteiger partial charge on any atom is -0.453 e. The number of methoxy groups -OCH3 is 1. The molecule has 1 aliphatic heterocycles. The van der Waals surface area contributed by atoms with Crippen molar-refractivity contribution >= 4 is 44.1 Å². The van der Waals surface area contributed by atoms with Gasteiger partial charge in [-0.2, -0.15) is 0 Å². The number of nitrogens with zero attached hydrogens (tertiary/aromatic N) is 1. The fourth-order valence-corrected chi connectivity index (χ4v) is 5.74. The Labute approximate surface area is 181 Å². The van der Waals surface area contributed by atoms with Gasteiger partial charge in [0.25, 0.3) is 5.91 Å². The number of nitrogens with one attached hydrogen (secondary N) is 1. The van der Waals surface area contributed by atoms with E-state index in [9.17, 15) is 27.2 Å². The first-order valence-corrected chi connectivity index (χ1v) is 11.6. The molecule has 0 atom stereocenters. The Kier molecular flexibility index (Phi) is 6.60. The van der Waals surface area contributed by atoms with E-state index < -0.39 is 39.3 Å². The number of primary amides is 1. The van der Waals surface area contributed by atoms with Crippen LogP contribution in [-0.4, -0.2) is 50.6 Å². The van der Waals surface area contributed by atoms with Crippen molar-refractivity contribution in [2.75, 3.05) is 24.7 Å². The quantitative estimate of drug-likeness (QED) is 0.621. The molecule has 0 fully saturated rings. The van der Waals surface area contributed by atoms with Gasteiger partial charge in [-0.05, 0) is 36.2 Å². The van der Waals surface area contributed by atoms with Crippen molar-refractivity contribution in [2.24, 2.45) is 5.73 Å². The van der Waals surface area contributed by atoms with Crippen LogP contribution in [0.2, 0.25) is 0 Å². The van der Waals surface area contributed by atoms with Gasteiger partial charge in [-0.25, -0.2) is 17.6 Å². The molecule has 1 aromatic heterocycles. The van der Waals surface area contributed by atoms with E-state index in [1.165, 1.54) is 12.0 Å². The fraction of sp³-hybridized carbons (Fsp3) is 0.316. The van der Waals surface area contributed by atoms with Crippen LogP contribution in [0.3, 0.4) is 0 Å². The first kappa shape index (κ1) is 22.7. The summed E-state index contributed by atoms with van der Waals surface area (Å²) >= 11 is 1.11. The number of nitrogens with two attached hydrogens (primary N) is 1. The number of carbonyl (C=O) groups excluding carboxylic acids is 3. The van der Waals surface area contributed by atoms with Gasteiger partial charge >= 0.3 is 6.09 Å². The van der Waals surface area contributed by atoms with E-state index in [0.717, 1.165) is 35.6 Å². The molecule has 9 nitrogen and oxygen atoms in total. The average Bonchev–Trinajstić information content (AvgIpc) is 3.09. The summed E-state index contributed by atoms with van der Waals surface area (Å²) in [6, 6.07) is 4.32. The van der Waals surface area contributed by atoms with E-state index in [1.807, 2.05) is 0 Å². The lowest BCUT2D eigenvalue weighted by molar-refractivity contribution is -0.115. The summed E-state index contributed by atoms with van der Waals surface area (Å²) in [7, 11) is -2.52. The Hall–Kier alpha value is -2.99. The van der Waals surface area contributed by atoms with Crippen molar-refractivity contribution in [1.82, 2.24) is 4.90 Å². The normalized spacial score (nSPS) is 13.4. The number of ether oxygens (including phenoxy) is 1. The van der Waals surface area contributed by atoms with E-state index in [1.54, 1.807) is 0 Å². The molecule has 0 unspecified atom stereocenters. The molecular formula is C19H20FN3O6S2. The molecule has 1 aromatic carbocycles. The molecular weight excluding hydrogens is 449 g/mol. The molecule has 12 heteroatoms. The largest absolute Gasteiger partial charge is 0.453 e. The number of hydrogen-bond donors (Lipinski definition) is 2. The number of anilines is 1. The number of rotatable bonds is 6. The number of sulfone groups is 1. The predicted molar refractivity (Wildman–Crippen MR) is 111 cm³/mol. The highest BCUT2D eigenvalue weighted by Gasteiger charge is 2.30. The van der Waals surface area contributed by atoms with E-state index in [4.69, 9.17) is 10.5 Å². The minimum absolute atomic E-state index is 0.0889. The molecule has 166 valence electrons. The lowest BCUT2D eigenvalue weighted by Crippen LogP contribution is -2.35. The highest BCUT2D eigenvalue weighted by Crippen LogP contribution is 2.37. The number of thiophene rings is 1. The van der Waals surface area contributed by atoms with Gasteiger partial charge in [0.1, 0.15) is 10.8 Å². The van der Waals surface area contributed by atoms with Gasteiger partial charge in [-0.3, -0.25) is 9.59 Å². The zero-order valence-corrected chi connectivity index (χ0v) is 18.1. The third kappa shape index (κ3) is 5.02. The molecule has 3 amide bonds. The number of benzene rings is 1. The van der Waals surface area contributed by atoms with Gasteiger partial charge < -0.3 is 20.7 Å². The Morgan fingerprint density at radius 3 is 2.55 bits per heavy atom. The molecule has 0 aliphatic carbocycles. The summed E-state index contributed by atoms with van der Waals surface area (Å²) in [5.41, 5.74) is 6.32. The number of amides is 3. The topological polar surface area (TPSA) is 136 Å². The highest BCUT2D eigenvalue weighted by atomic mass is 32.2. The maximum atomic E-state index is 13.0. The van der Waals surface area contributed by atoms with Crippen molar-refractivity contribution in [3.8, 4) is 0 Å². The molecule has 3 rings (SSSR count). The monoisotopic (exact) mass is 469 g/mol. The standard InChI is InChI=1S/C19H20FN3O6S2/c1-29-19(26)23-8-6-13-14(10-23)30-18(16(13)17(21)25)22-15(24)7-9-31(27,28)12-4-2-11(20)3-5-12/h2-5H,6-10H2,1H3,(H2,21,25)(H,22,24). The van der Waals surface area contributed by atoms with Gasteiger partial charge in [-0.1, -0.05) is 0 Å². The maximum Gasteiger partial charge on any atom is 0.409 e. The van der Waals surface area contributed by atoms with Gasteiger partial charge in [0.15, 0.2) is 9.84 Å². The van der Waals surface area contributed by atoms with Gasteiger partial charge in [0, 0.05) is 17.8 Å². The lowest BCUT2D eigenvalue weighted by atomic mass is 10.0. The van der Waals surface area contributed by atoms with Crippen LogP contribution in [-0.2, 0) is 32.3 Å². The van der Waals surface area contributed by atoms with Crippen molar-refractivity contribution in [3.63, 3.8) is 0 Å². The Balaban J connectivity index is 1.73. The summed E-state index contributed by atoms with van der Waals surface area (Å²) in [4.78, 5) is 38.2. The van der Waals surface area contributed by atoms with Gasteiger partial charge in [0.05, 0.1) is 29.9 Å².